The second kappa shape index (κ2) is 9.83. The van der Waals surface area contributed by atoms with E-state index in [1.807, 2.05) is 0 Å². The van der Waals surface area contributed by atoms with E-state index in [9.17, 15) is 0 Å². The number of unbranched alkanes of at least 4 members (excludes halogenated alkanes) is 1. The van der Waals surface area contributed by atoms with Crippen LogP contribution < -0.4 is 10.1 Å². The molecule has 0 aliphatic heterocycles. The third-order valence-electron chi connectivity index (χ3n) is 4.38. The van der Waals surface area contributed by atoms with E-state index in [4.69, 9.17) is 4.74 Å². The van der Waals surface area contributed by atoms with Crippen LogP contribution in [0.1, 0.15) is 70.0 Å². The van der Waals surface area contributed by atoms with Gasteiger partial charge in [-0.3, -0.25) is 0 Å². The highest BCUT2D eigenvalue weighted by molar-refractivity contribution is 5.37. The predicted molar refractivity (Wildman–Crippen MR) is 92.1 cm³/mol. The first-order chi connectivity index (χ1) is 10.2. The van der Waals surface area contributed by atoms with Crippen molar-refractivity contribution in [2.75, 3.05) is 13.7 Å². The Morgan fingerprint density at radius 2 is 1.95 bits per heavy atom. The van der Waals surface area contributed by atoms with Crippen LogP contribution in [-0.2, 0) is 0 Å². The van der Waals surface area contributed by atoms with Crippen LogP contribution >= 0.6 is 0 Å². The maximum Gasteiger partial charge on any atom is 0.121 e. The Hall–Kier alpha value is -1.02. The third kappa shape index (κ3) is 5.70. The van der Waals surface area contributed by atoms with Gasteiger partial charge in [-0.05, 0) is 43.0 Å². The summed E-state index contributed by atoms with van der Waals surface area (Å²) in [5, 5.41) is 3.66. The quantitative estimate of drug-likeness (QED) is 0.635. The molecule has 0 fully saturated rings. The summed E-state index contributed by atoms with van der Waals surface area (Å²) in [5.74, 6) is 1.79. The van der Waals surface area contributed by atoms with Crippen molar-refractivity contribution in [2.45, 2.75) is 65.8 Å². The summed E-state index contributed by atoms with van der Waals surface area (Å²) in [6.45, 7) is 9.93. The van der Waals surface area contributed by atoms with Crippen LogP contribution in [0.15, 0.2) is 18.2 Å². The SMILES string of the molecule is CCCCC(CC)CC(NCC)c1ccc(OC)c(C)c1. The van der Waals surface area contributed by atoms with Gasteiger partial charge in [-0.25, -0.2) is 0 Å². The number of nitrogens with one attached hydrogen (secondary N) is 1. The molecule has 0 radical (unpaired) electrons. The van der Waals surface area contributed by atoms with Crippen LogP contribution in [0, 0.1) is 12.8 Å². The summed E-state index contributed by atoms with van der Waals surface area (Å²) in [7, 11) is 1.74. The minimum absolute atomic E-state index is 0.460. The Morgan fingerprint density at radius 3 is 2.48 bits per heavy atom. The van der Waals surface area contributed by atoms with Gasteiger partial charge in [0.15, 0.2) is 0 Å². The van der Waals surface area contributed by atoms with Crippen LogP contribution in [-0.4, -0.2) is 13.7 Å². The predicted octanol–water partition coefficient (Wildman–Crippen LogP) is 5.26. The van der Waals surface area contributed by atoms with Crippen molar-refractivity contribution in [3.63, 3.8) is 0 Å². The van der Waals surface area contributed by atoms with Crippen molar-refractivity contribution in [1.29, 1.82) is 0 Å². The molecule has 2 atom stereocenters. The van der Waals surface area contributed by atoms with Gasteiger partial charge in [-0.15, -0.1) is 0 Å². The van der Waals surface area contributed by atoms with Gasteiger partial charge in [-0.2, -0.15) is 0 Å². The number of hydrogen-bond donors (Lipinski definition) is 1. The van der Waals surface area contributed by atoms with Crippen molar-refractivity contribution < 1.29 is 4.74 Å². The molecule has 2 heteroatoms. The lowest BCUT2D eigenvalue weighted by atomic mass is 9.88. The lowest BCUT2D eigenvalue weighted by molar-refractivity contribution is 0.356. The standard InChI is InChI=1S/C19H33NO/c1-6-9-10-16(7-2)14-18(20-8-3)17-11-12-19(21-5)15(4)13-17/h11-13,16,18,20H,6-10,14H2,1-5H3. The van der Waals surface area contributed by atoms with Crippen molar-refractivity contribution in [3.8, 4) is 5.75 Å². The molecule has 0 saturated heterocycles. The summed E-state index contributed by atoms with van der Waals surface area (Å²) in [6, 6.07) is 7.05. The van der Waals surface area contributed by atoms with Gasteiger partial charge in [-0.1, -0.05) is 58.6 Å². The fourth-order valence-electron chi connectivity index (χ4n) is 3.02. The Balaban J connectivity index is 2.82. The van der Waals surface area contributed by atoms with Crippen LogP contribution in [0.5, 0.6) is 5.75 Å². The Morgan fingerprint density at radius 1 is 1.19 bits per heavy atom. The number of ether oxygens (including phenoxy) is 1. The number of rotatable bonds is 10. The molecule has 0 amide bonds. The molecule has 0 heterocycles. The summed E-state index contributed by atoms with van der Waals surface area (Å²) >= 11 is 0. The summed E-state index contributed by atoms with van der Waals surface area (Å²) in [5.41, 5.74) is 2.62. The molecule has 2 nitrogen and oxygen atoms in total. The van der Waals surface area contributed by atoms with Crippen molar-refractivity contribution >= 4 is 0 Å². The van der Waals surface area contributed by atoms with E-state index in [-0.39, 0.29) is 0 Å². The molecule has 0 saturated carbocycles. The molecule has 0 aromatic heterocycles. The zero-order valence-electron chi connectivity index (χ0n) is 14.5. The number of methoxy groups -OCH3 is 1. The van der Waals surface area contributed by atoms with Crippen LogP contribution in [0.3, 0.4) is 0 Å². The Labute approximate surface area is 131 Å². The average molecular weight is 291 g/mol. The average Bonchev–Trinajstić information content (AvgIpc) is 2.50. The molecule has 21 heavy (non-hydrogen) atoms. The van der Waals surface area contributed by atoms with Gasteiger partial charge in [0.1, 0.15) is 5.75 Å². The highest BCUT2D eigenvalue weighted by Crippen LogP contribution is 2.29. The number of hydrogen-bond acceptors (Lipinski definition) is 2. The molecule has 1 rings (SSSR count). The van der Waals surface area contributed by atoms with E-state index in [1.165, 1.54) is 43.2 Å². The summed E-state index contributed by atoms with van der Waals surface area (Å²) in [4.78, 5) is 0. The Kier molecular flexibility index (Phi) is 8.44. The van der Waals surface area contributed by atoms with Gasteiger partial charge in [0.2, 0.25) is 0 Å². The zero-order chi connectivity index (χ0) is 15.7. The fourth-order valence-corrected chi connectivity index (χ4v) is 3.02. The largest absolute Gasteiger partial charge is 0.496 e. The normalized spacial score (nSPS) is 14.0. The summed E-state index contributed by atoms with van der Waals surface area (Å²) in [6.07, 6.45) is 6.50. The van der Waals surface area contributed by atoms with Crippen LogP contribution in [0.2, 0.25) is 0 Å². The molecule has 120 valence electrons. The molecule has 0 aliphatic rings. The minimum Gasteiger partial charge on any atom is -0.496 e. The lowest BCUT2D eigenvalue weighted by Gasteiger charge is -2.24. The van der Waals surface area contributed by atoms with Crippen molar-refractivity contribution in [2.24, 2.45) is 5.92 Å². The van der Waals surface area contributed by atoms with E-state index in [0.29, 0.717) is 6.04 Å². The smallest absolute Gasteiger partial charge is 0.121 e. The highest BCUT2D eigenvalue weighted by atomic mass is 16.5. The van der Waals surface area contributed by atoms with E-state index in [2.05, 4.69) is 51.2 Å². The van der Waals surface area contributed by atoms with Crippen LogP contribution in [0.25, 0.3) is 0 Å². The lowest BCUT2D eigenvalue weighted by Crippen LogP contribution is -2.23. The van der Waals surface area contributed by atoms with E-state index < -0.39 is 0 Å². The van der Waals surface area contributed by atoms with E-state index >= 15 is 0 Å². The molecular formula is C19H33NO. The first-order valence-corrected chi connectivity index (χ1v) is 8.54. The van der Waals surface area contributed by atoms with Crippen molar-refractivity contribution in [3.05, 3.63) is 29.3 Å². The van der Waals surface area contributed by atoms with Gasteiger partial charge >= 0.3 is 0 Å². The van der Waals surface area contributed by atoms with Gasteiger partial charge < -0.3 is 10.1 Å². The van der Waals surface area contributed by atoms with E-state index in [1.54, 1.807) is 7.11 Å². The topological polar surface area (TPSA) is 21.3 Å². The minimum atomic E-state index is 0.460. The zero-order valence-corrected chi connectivity index (χ0v) is 14.5. The van der Waals surface area contributed by atoms with Gasteiger partial charge in [0, 0.05) is 6.04 Å². The fraction of sp³-hybridized carbons (Fsp3) is 0.684. The van der Waals surface area contributed by atoms with Crippen molar-refractivity contribution in [1.82, 2.24) is 5.32 Å². The molecule has 1 N–H and O–H groups in total. The molecular weight excluding hydrogens is 258 g/mol. The first kappa shape index (κ1) is 18.0. The maximum absolute atomic E-state index is 5.37. The molecule has 0 spiro atoms. The number of aryl methyl sites for hydroxylation is 1. The number of benzene rings is 1. The van der Waals surface area contributed by atoms with Gasteiger partial charge in [0.25, 0.3) is 0 Å². The summed E-state index contributed by atoms with van der Waals surface area (Å²) < 4.78 is 5.37. The first-order valence-electron chi connectivity index (χ1n) is 8.54. The maximum atomic E-state index is 5.37. The second-order valence-corrected chi connectivity index (χ2v) is 5.99. The highest BCUT2D eigenvalue weighted by Gasteiger charge is 2.17. The third-order valence-corrected chi connectivity index (χ3v) is 4.38. The second-order valence-electron chi connectivity index (χ2n) is 5.99. The van der Waals surface area contributed by atoms with Crippen LogP contribution in [0.4, 0.5) is 0 Å². The molecule has 2 unspecified atom stereocenters. The monoisotopic (exact) mass is 291 g/mol. The molecule has 0 aliphatic carbocycles. The van der Waals surface area contributed by atoms with E-state index in [0.717, 1.165) is 18.2 Å². The molecule has 1 aromatic carbocycles. The van der Waals surface area contributed by atoms with Gasteiger partial charge in [0.05, 0.1) is 7.11 Å². The molecule has 0 bridgehead atoms. The molecule has 1 aromatic rings. The Bertz CT molecular complexity index is 403.